The molecule has 14 heavy (non-hydrogen) atoms. The van der Waals surface area contributed by atoms with E-state index in [1.165, 1.54) is 31.5 Å². The van der Waals surface area contributed by atoms with Gasteiger partial charge in [-0.2, -0.15) is 0 Å². The van der Waals surface area contributed by atoms with Gasteiger partial charge in [-0.1, -0.05) is 15.9 Å². The highest BCUT2D eigenvalue weighted by molar-refractivity contribution is 9.09. The van der Waals surface area contributed by atoms with Crippen molar-refractivity contribution in [2.24, 2.45) is 0 Å². The molecular weight excluding hydrogens is 240 g/mol. The zero-order valence-corrected chi connectivity index (χ0v) is 9.78. The van der Waals surface area contributed by atoms with Gasteiger partial charge in [0.25, 0.3) is 0 Å². The van der Waals surface area contributed by atoms with Crippen LogP contribution in [0.3, 0.4) is 0 Å². The van der Waals surface area contributed by atoms with Crippen LogP contribution in [0.25, 0.3) is 0 Å². The molecule has 1 aliphatic rings. The molecule has 2 rings (SSSR count). The van der Waals surface area contributed by atoms with Gasteiger partial charge in [-0.3, -0.25) is 9.88 Å². The Kier molecular flexibility index (Phi) is 3.54. The van der Waals surface area contributed by atoms with Crippen LogP contribution in [0.2, 0.25) is 0 Å². The number of hydrogen-bond acceptors (Lipinski definition) is 2. The lowest BCUT2D eigenvalue weighted by molar-refractivity contribution is 0.228. The second kappa shape index (κ2) is 4.89. The lowest BCUT2D eigenvalue weighted by Crippen LogP contribution is -2.35. The summed E-state index contributed by atoms with van der Waals surface area (Å²) < 4.78 is 0. The van der Waals surface area contributed by atoms with E-state index < -0.39 is 0 Å². The van der Waals surface area contributed by atoms with E-state index in [-0.39, 0.29) is 0 Å². The van der Waals surface area contributed by atoms with E-state index in [1.54, 1.807) is 0 Å². The van der Waals surface area contributed by atoms with E-state index in [1.807, 2.05) is 12.4 Å². The fourth-order valence-corrected chi connectivity index (χ4v) is 2.62. The Bertz CT molecular complexity index is 276. The number of likely N-dealkylation sites (tertiary alicyclic amines) is 1. The highest BCUT2D eigenvalue weighted by Gasteiger charge is 2.16. The van der Waals surface area contributed by atoms with Crippen molar-refractivity contribution in [3.63, 3.8) is 0 Å². The fraction of sp³-hybridized carbons (Fsp3) is 0.545. The van der Waals surface area contributed by atoms with Crippen LogP contribution in [0.4, 0.5) is 0 Å². The van der Waals surface area contributed by atoms with Crippen LogP contribution in [0.15, 0.2) is 24.5 Å². The van der Waals surface area contributed by atoms with Gasteiger partial charge in [0.15, 0.2) is 0 Å². The molecule has 76 valence electrons. The molecular formula is C11H15BrN2. The number of pyridine rings is 1. The van der Waals surface area contributed by atoms with Crippen LogP contribution < -0.4 is 0 Å². The number of piperidine rings is 1. The first-order valence-electron chi connectivity index (χ1n) is 5.10. The predicted octanol–water partition coefficient (Wildman–Crippen LogP) is 2.44. The predicted molar refractivity (Wildman–Crippen MR) is 61.5 cm³/mol. The Morgan fingerprint density at radius 1 is 1.43 bits per heavy atom. The second-order valence-corrected chi connectivity index (χ2v) is 5.13. The van der Waals surface area contributed by atoms with Crippen molar-refractivity contribution >= 4 is 15.9 Å². The largest absolute Gasteiger partial charge is 0.298 e. The number of hydrogen-bond donors (Lipinski definition) is 0. The fourth-order valence-electron chi connectivity index (χ4n) is 1.89. The molecule has 1 aliphatic heterocycles. The first kappa shape index (κ1) is 10.1. The first-order chi connectivity index (χ1) is 6.84. The lowest BCUT2D eigenvalue weighted by Gasteiger charge is -2.29. The normalized spacial score (nSPS) is 23.6. The van der Waals surface area contributed by atoms with E-state index >= 15 is 0 Å². The van der Waals surface area contributed by atoms with Gasteiger partial charge in [-0.25, -0.2) is 0 Å². The summed E-state index contributed by atoms with van der Waals surface area (Å²) in [6.45, 7) is 3.46. The number of nitrogens with zero attached hydrogens (tertiary/aromatic N) is 2. The Labute approximate surface area is 93.5 Å². The topological polar surface area (TPSA) is 16.1 Å². The zero-order chi connectivity index (χ0) is 9.80. The van der Waals surface area contributed by atoms with Crippen molar-refractivity contribution in [3.8, 4) is 0 Å². The van der Waals surface area contributed by atoms with Gasteiger partial charge in [0.05, 0.1) is 0 Å². The number of rotatable bonds is 2. The molecule has 3 heteroatoms. The highest BCUT2D eigenvalue weighted by atomic mass is 79.9. The van der Waals surface area contributed by atoms with Gasteiger partial charge >= 0.3 is 0 Å². The highest BCUT2D eigenvalue weighted by Crippen LogP contribution is 2.18. The summed E-state index contributed by atoms with van der Waals surface area (Å²) >= 11 is 3.69. The smallest absolute Gasteiger partial charge is 0.0273 e. The quantitative estimate of drug-likeness (QED) is 0.754. The van der Waals surface area contributed by atoms with E-state index in [0.29, 0.717) is 4.83 Å². The maximum Gasteiger partial charge on any atom is 0.0273 e. The minimum absolute atomic E-state index is 0.679. The molecule has 1 fully saturated rings. The number of alkyl halides is 1. The molecule has 0 saturated carbocycles. The molecule has 1 aromatic heterocycles. The number of aromatic nitrogens is 1. The lowest BCUT2D eigenvalue weighted by atomic mass is 10.1. The summed E-state index contributed by atoms with van der Waals surface area (Å²) in [5.41, 5.74) is 1.36. The van der Waals surface area contributed by atoms with Gasteiger partial charge in [0.1, 0.15) is 0 Å². The standard InChI is InChI=1S/C11H15BrN2/c12-11-2-1-7-14(9-11)8-10-3-5-13-6-4-10/h3-6,11H,1-2,7-9H2. The third-order valence-corrected chi connectivity index (χ3v) is 3.35. The van der Waals surface area contributed by atoms with Crippen molar-refractivity contribution in [1.82, 2.24) is 9.88 Å². The Morgan fingerprint density at radius 3 is 2.93 bits per heavy atom. The van der Waals surface area contributed by atoms with Gasteiger partial charge in [-0.15, -0.1) is 0 Å². The van der Waals surface area contributed by atoms with Crippen molar-refractivity contribution in [2.75, 3.05) is 13.1 Å². The molecule has 0 bridgehead atoms. The molecule has 0 aromatic carbocycles. The van der Waals surface area contributed by atoms with Gasteiger partial charge in [0.2, 0.25) is 0 Å². The van der Waals surface area contributed by atoms with Crippen LogP contribution >= 0.6 is 15.9 Å². The summed E-state index contributed by atoms with van der Waals surface area (Å²) in [4.78, 5) is 7.20. The van der Waals surface area contributed by atoms with Crippen molar-refractivity contribution in [2.45, 2.75) is 24.2 Å². The van der Waals surface area contributed by atoms with E-state index in [2.05, 4.69) is 37.9 Å². The number of halogens is 1. The zero-order valence-electron chi connectivity index (χ0n) is 8.19. The summed E-state index contributed by atoms with van der Waals surface area (Å²) in [5, 5.41) is 0. The molecule has 2 nitrogen and oxygen atoms in total. The van der Waals surface area contributed by atoms with Crippen molar-refractivity contribution < 1.29 is 0 Å². The molecule has 1 atom stereocenters. The van der Waals surface area contributed by atoms with Gasteiger partial charge in [0, 0.05) is 30.3 Å². The SMILES string of the molecule is BrC1CCCN(Cc2ccncc2)C1. The van der Waals surface area contributed by atoms with E-state index in [9.17, 15) is 0 Å². The summed E-state index contributed by atoms with van der Waals surface area (Å²) in [6.07, 6.45) is 6.35. The minimum Gasteiger partial charge on any atom is -0.298 e. The molecule has 0 N–H and O–H groups in total. The Hall–Kier alpha value is -0.410. The molecule has 0 aliphatic carbocycles. The summed E-state index contributed by atoms with van der Waals surface area (Å²) in [6, 6.07) is 4.19. The second-order valence-electron chi connectivity index (χ2n) is 3.83. The van der Waals surface area contributed by atoms with E-state index in [0.717, 1.165) is 6.54 Å². The average Bonchev–Trinajstić information content (AvgIpc) is 2.19. The molecule has 0 radical (unpaired) electrons. The van der Waals surface area contributed by atoms with E-state index in [4.69, 9.17) is 0 Å². The third kappa shape index (κ3) is 2.79. The van der Waals surface area contributed by atoms with Crippen molar-refractivity contribution in [3.05, 3.63) is 30.1 Å². The molecule has 2 heterocycles. The molecule has 0 amide bonds. The van der Waals surface area contributed by atoms with Crippen LogP contribution in [0.1, 0.15) is 18.4 Å². The van der Waals surface area contributed by atoms with Gasteiger partial charge in [-0.05, 0) is 37.1 Å². The Morgan fingerprint density at radius 2 is 2.21 bits per heavy atom. The summed E-state index contributed by atoms with van der Waals surface area (Å²) in [7, 11) is 0. The first-order valence-corrected chi connectivity index (χ1v) is 6.01. The molecule has 1 saturated heterocycles. The Balaban J connectivity index is 1.91. The van der Waals surface area contributed by atoms with Crippen LogP contribution in [-0.4, -0.2) is 27.8 Å². The van der Waals surface area contributed by atoms with Crippen molar-refractivity contribution in [1.29, 1.82) is 0 Å². The van der Waals surface area contributed by atoms with Crippen LogP contribution in [-0.2, 0) is 6.54 Å². The monoisotopic (exact) mass is 254 g/mol. The molecule has 0 spiro atoms. The maximum atomic E-state index is 4.03. The molecule has 1 unspecified atom stereocenters. The van der Waals surface area contributed by atoms with Crippen LogP contribution in [0, 0.1) is 0 Å². The summed E-state index contributed by atoms with van der Waals surface area (Å²) in [5.74, 6) is 0. The molecule has 1 aromatic rings. The minimum atomic E-state index is 0.679. The maximum absolute atomic E-state index is 4.03. The average molecular weight is 255 g/mol. The third-order valence-electron chi connectivity index (χ3n) is 2.60. The van der Waals surface area contributed by atoms with Gasteiger partial charge < -0.3 is 0 Å². The van der Waals surface area contributed by atoms with Crippen LogP contribution in [0.5, 0.6) is 0 Å².